The van der Waals surface area contributed by atoms with Crippen LogP contribution in [0.3, 0.4) is 0 Å². The number of hydrogen-bond acceptors (Lipinski definition) is 11. The van der Waals surface area contributed by atoms with Crippen molar-refractivity contribution in [2.45, 2.75) is 158 Å². The summed E-state index contributed by atoms with van der Waals surface area (Å²) in [5.74, 6) is 0. The van der Waals surface area contributed by atoms with Crippen molar-refractivity contribution in [2.24, 2.45) is 0 Å². The van der Waals surface area contributed by atoms with Gasteiger partial charge >= 0.3 is 0 Å². The lowest BCUT2D eigenvalue weighted by atomic mass is 9.97. The van der Waals surface area contributed by atoms with E-state index in [0.29, 0.717) is 6.61 Å². The summed E-state index contributed by atoms with van der Waals surface area (Å²) in [5, 5.41) is 70.4. The molecule has 0 aromatic carbocycles. The molecule has 4 unspecified atom stereocenters. The Morgan fingerprint density at radius 2 is 0.974 bits per heavy atom. The molecule has 2 heterocycles. The maximum Gasteiger partial charge on any atom is 0.187 e. The molecule has 0 aliphatic carbocycles. The van der Waals surface area contributed by atoms with Gasteiger partial charge in [0.15, 0.2) is 12.6 Å². The minimum Gasteiger partial charge on any atom is -0.394 e. The molecule has 0 radical (unpaired) electrons. The molecule has 2 aliphatic rings. The van der Waals surface area contributed by atoms with Crippen molar-refractivity contribution < 1.29 is 54.7 Å². The van der Waals surface area contributed by atoms with Crippen LogP contribution in [0.4, 0.5) is 0 Å². The fourth-order valence-electron chi connectivity index (χ4n) is 5.19. The van der Waals surface area contributed by atoms with Crippen LogP contribution in [0, 0.1) is 0 Å². The third-order valence-corrected chi connectivity index (χ3v) is 7.74. The molecule has 11 nitrogen and oxygen atoms in total. The van der Waals surface area contributed by atoms with Gasteiger partial charge in [-0.15, -0.1) is 0 Å². The van der Waals surface area contributed by atoms with Crippen LogP contribution in [-0.4, -0.2) is 117 Å². The van der Waals surface area contributed by atoms with E-state index in [-0.39, 0.29) is 0 Å². The van der Waals surface area contributed by atoms with E-state index in [9.17, 15) is 35.7 Å². The first kappa shape index (κ1) is 34.8. The SMILES string of the molecule is CCCCCCCCCCCCCCCCO[C@@H]1OC(CO)[C@@H](O[C@H]2OC(CO)[C@@H](O)[C@H](O)C2O)C(O)[C@@H]1O. The molecule has 11 heteroatoms. The molecule has 0 aromatic heterocycles. The second-order valence-corrected chi connectivity index (χ2v) is 11.0. The molecule has 0 spiro atoms. The summed E-state index contributed by atoms with van der Waals surface area (Å²) in [4.78, 5) is 0. The van der Waals surface area contributed by atoms with Crippen LogP contribution in [-0.2, 0) is 18.9 Å². The molecule has 7 N–H and O–H groups in total. The number of ether oxygens (including phenoxy) is 4. The molecular weight excluding hydrogens is 512 g/mol. The number of aliphatic hydroxyl groups excluding tert-OH is 7. The minimum atomic E-state index is -1.69. The fourth-order valence-corrected chi connectivity index (χ4v) is 5.19. The predicted molar refractivity (Wildman–Crippen MR) is 143 cm³/mol. The number of aliphatic hydroxyl groups is 7. The van der Waals surface area contributed by atoms with Crippen LogP contribution in [0.2, 0.25) is 0 Å². The zero-order valence-electron chi connectivity index (χ0n) is 23.6. The van der Waals surface area contributed by atoms with Gasteiger partial charge in [-0.2, -0.15) is 0 Å². The molecule has 39 heavy (non-hydrogen) atoms. The summed E-state index contributed by atoms with van der Waals surface area (Å²) in [7, 11) is 0. The third kappa shape index (κ3) is 11.4. The molecule has 2 fully saturated rings. The summed E-state index contributed by atoms with van der Waals surface area (Å²) in [6.45, 7) is 1.34. The topological polar surface area (TPSA) is 179 Å². The van der Waals surface area contributed by atoms with Crippen molar-refractivity contribution in [2.75, 3.05) is 19.8 Å². The largest absolute Gasteiger partial charge is 0.394 e. The van der Waals surface area contributed by atoms with Gasteiger partial charge in [-0.1, -0.05) is 90.4 Å². The summed E-state index contributed by atoms with van der Waals surface area (Å²) < 4.78 is 22.1. The Labute approximate surface area is 233 Å². The van der Waals surface area contributed by atoms with Crippen molar-refractivity contribution in [1.29, 1.82) is 0 Å². The number of unbranched alkanes of at least 4 members (excludes halogenated alkanes) is 13. The average molecular weight is 567 g/mol. The van der Waals surface area contributed by atoms with Crippen molar-refractivity contribution in [3.63, 3.8) is 0 Å². The van der Waals surface area contributed by atoms with Gasteiger partial charge in [-0.05, 0) is 6.42 Å². The van der Waals surface area contributed by atoms with Crippen LogP contribution < -0.4 is 0 Å². The summed E-state index contributed by atoms with van der Waals surface area (Å²) in [6, 6.07) is 0. The Kier molecular flexibility index (Phi) is 17.5. The van der Waals surface area contributed by atoms with Crippen LogP contribution in [0.5, 0.6) is 0 Å². The molecular formula is C28H54O11. The third-order valence-electron chi connectivity index (χ3n) is 7.74. The van der Waals surface area contributed by atoms with Gasteiger partial charge in [0, 0.05) is 6.61 Å². The van der Waals surface area contributed by atoms with Crippen molar-refractivity contribution in [1.82, 2.24) is 0 Å². The lowest BCUT2D eigenvalue weighted by Gasteiger charge is -2.45. The van der Waals surface area contributed by atoms with Gasteiger partial charge < -0.3 is 54.7 Å². The second-order valence-electron chi connectivity index (χ2n) is 11.0. The minimum absolute atomic E-state index is 0.322. The van der Waals surface area contributed by atoms with Crippen molar-refractivity contribution >= 4 is 0 Å². The van der Waals surface area contributed by atoms with E-state index in [1.807, 2.05) is 0 Å². The van der Waals surface area contributed by atoms with Crippen LogP contribution in [0.15, 0.2) is 0 Å². The quantitative estimate of drug-likeness (QED) is 0.105. The second kappa shape index (κ2) is 19.6. The zero-order chi connectivity index (χ0) is 28.6. The van der Waals surface area contributed by atoms with Crippen molar-refractivity contribution in [3.05, 3.63) is 0 Å². The Balaban J connectivity index is 1.62. The monoisotopic (exact) mass is 566 g/mol. The van der Waals surface area contributed by atoms with Gasteiger partial charge in [0.05, 0.1) is 13.2 Å². The Morgan fingerprint density at radius 1 is 0.513 bits per heavy atom. The summed E-state index contributed by atoms with van der Waals surface area (Å²) >= 11 is 0. The van der Waals surface area contributed by atoms with Gasteiger partial charge in [-0.25, -0.2) is 0 Å². The van der Waals surface area contributed by atoms with E-state index >= 15 is 0 Å². The first-order valence-corrected chi connectivity index (χ1v) is 15.1. The molecule has 2 saturated heterocycles. The van der Waals surface area contributed by atoms with Crippen LogP contribution >= 0.6 is 0 Å². The van der Waals surface area contributed by atoms with Crippen LogP contribution in [0.1, 0.15) is 96.8 Å². The molecule has 0 bridgehead atoms. The molecule has 2 rings (SSSR count). The normalized spacial score (nSPS) is 35.4. The highest BCUT2D eigenvalue weighted by Gasteiger charge is 2.50. The molecule has 0 amide bonds. The Bertz CT molecular complexity index is 608. The lowest BCUT2D eigenvalue weighted by molar-refractivity contribution is -0.359. The van der Waals surface area contributed by atoms with Gasteiger partial charge in [-0.3, -0.25) is 0 Å². The highest BCUT2D eigenvalue weighted by Crippen LogP contribution is 2.29. The number of rotatable bonds is 20. The molecule has 0 aromatic rings. The first-order chi connectivity index (χ1) is 18.8. The highest BCUT2D eigenvalue weighted by molar-refractivity contribution is 4.94. The lowest BCUT2D eigenvalue weighted by Crippen LogP contribution is -2.64. The van der Waals surface area contributed by atoms with E-state index < -0.39 is 74.6 Å². The van der Waals surface area contributed by atoms with Crippen LogP contribution in [0.25, 0.3) is 0 Å². The van der Waals surface area contributed by atoms with Gasteiger partial charge in [0.2, 0.25) is 0 Å². The standard InChI is InChI=1S/C28H54O11/c1-2-3-4-5-6-7-8-9-10-11-12-13-14-15-16-36-27-25(35)23(33)26(20(18-30)38-27)39-28-24(34)22(32)21(31)19(17-29)37-28/h19-35H,2-18H2,1H3/t19?,20?,21-,22+,23?,24?,25+,26-,27-,28-/m1/s1. The summed E-state index contributed by atoms with van der Waals surface area (Å²) in [6.07, 6.45) is 2.97. The fraction of sp³-hybridized carbons (Fsp3) is 1.00. The average Bonchev–Trinajstić information content (AvgIpc) is 2.94. The smallest absolute Gasteiger partial charge is 0.187 e. The zero-order valence-corrected chi connectivity index (χ0v) is 23.6. The van der Waals surface area contributed by atoms with E-state index in [0.717, 1.165) is 19.3 Å². The molecule has 2 aliphatic heterocycles. The van der Waals surface area contributed by atoms with E-state index in [4.69, 9.17) is 18.9 Å². The van der Waals surface area contributed by atoms with E-state index in [1.54, 1.807) is 0 Å². The highest BCUT2D eigenvalue weighted by atomic mass is 16.7. The molecule has 10 atom stereocenters. The maximum atomic E-state index is 10.6. The number of hydrogen-bond donors (Lipinski definition) is 7. The van der Waals surface area contributed by atoms with Crippen molar-refractivity contribution in [3.8, 4) is 0 Å². The molecule has 232 valence electrons. The van der Waals surface area contributed by atoms with Gasteiger partial charge in [0.25, 0.3) is 0 Å². The Hall–Kier alpha value is -0.440. The van der Waals surface area contributed by atoms with E-state index in [1.165, 1.54) is 70.6 Å². The summed E-state index contributed by atoms with van der Waals surface area (Å²) in [5.41, 5.74) is 0. The van der Waals surface area contributed by atoms with Gasteiger partial charge in [0.1, 0.15) is 48.8 Å². The van der Waals surface area contributed by atoms with E-state index in [2.05, 4.69) is 6.92 Å². The first-order valence-electron chi connectivity index (χ1n) is 15.1. The Morgan fingerprint density at radius 3 is 1.49 bits per heavy atom. The molecule has 0 saturated carbocycles. The maximum absolute atomic E-state index is 10.6. The predicted octanol–water partition coefficient (Wildman–Crippen LogP) is 1.11.